The van der Waals surface area contributed by atoms with Crippen molar-refractivity contribution in [2.24, 2.45) is 5.92 Å². The molecule has 0 aromatic rings. The minimum Gasteiger partial charge on any atom is -0.0776 e. The van der Waals surface area contributed by atoms with Gasteiger partial charge in [0.25, 0.3) is 0 Å². The van der Waals surface area contributed by atoms with Crippen LogP contribution in [0.5, 0.6) is 0 Å². The van der Waals surface area contributed by atoms with Gasteiger partial charge < -0.3 is 0 Å². The Hall–Kier alpha value is -0.520. The van der Waals surface area contributed by atoms with E-state index >= 15 is 0 Å². The molecule has 1 rings (SSSR count). The molecule has 0 aromatic carbocycles. The first-order valence-electron chi connectivity index (χ1n) is 2.65. The van der Waals surface area contributed by atoms with Crippen LogP contribution in [0.25, 0.3) is 0 Å². The van der Waals surface area contributed by atoms with E-state index in [1.807, 2.05) is 0 Å². The number of hydrogen-bond acceptors (Lipinski definition) is 0. The molecule has 0 nitrogen and oxygen atoms in total. The van der Waals surface area contributed by atoms with Gasteiger partial charge in [-0.3, -0.25) is 0 Å². The Morgan fingerprint density at radius 2 is 2.29 bits per heavy atom. The minimum atomic E-state index is 0.694. The molecule has 7 heavy (non-hydrogen) atoms. The molecule has 38 valence electrons. The normalized spacial score (nSPS) is 28.3. The molecule has 0 fully saturated rings. The summed E-state index contributed by atoms with van der Waals surface area (Å²) in [5, 5.41) is 0. The van der Waals surface area contributed by atoms with Crippen LogP contribution in [0.2, 0.25) is 0 Å². The second-order valence-electron chi connectivity index (χ2n) is 2.08. The predicted molar refractivity (Wildman–Crippen MR) is 32.1 cm³/mol. The number of allylic oxidation sites excluding steroid dienone is 4. The molecule has 1 atom stereocenters. The second-order valence-corrected chi connectivity index (χ2v) is 2.08. The van der Waals surface area contributed by atoms with Gasteiger partial charge in [-0.1, -0.05) is 30.7 Å². The Morgan fingerprint density at radius 3 is 2.43 bits per heavy atom. The first kappa shape index (κ1) is 4.63. The SMILES string of the molecule is CC1=CC=C[C@@H]1C. The van der Waals surface area contributed by atoms with Gasteiger partial charge in [-0.15, -0.1) is 0 Å². The second kappa shape index (κ2) is 1.53. The van der Waals surface area contributed by atoms with E-state index < -0.39 is 0 Å². The predicted octanol–water partition coefficient (Wildman–Crippen LogP) is 2.14. The summed E-state index contributed by atoms with van der Waals surface area (Å²) in [6, 6.07) is 0. The van der Waals surface area contributed by atoms with Gasteiger partial charge >= 0.3 is 0 Å². The van der Waals surface area contributed by atoms with Gasteiger partial charge in [0.2, 0.25) is 0 Å². The Kier molecular flexibility index (Phi) is 1.01. The van der Waals surface area contributed by atoms with E-state index in [-0.39, 0.29) is 0 Å². The molecule has 0 aliphatic heterocycles. The van der Waals surface area contributed by atoms with Crippen LogP contribution in [0.3, 0.4) is 0 Å². The maximum Gasteiger partial charge on any atom is -0.00482 e. The minimum absolute atomic E-state index is 0.694. The summed E-state index contributed by atoms with van der Waals surface area (Å²) in [7, 11) is 0. The molecular formula is C7H10. The quantitative estimate of drug-likeness (QED) is 0.431. The lowest BCUT2D eigenvalue weighted by Crippen LogP contribution is -1.83. The Bertz CT molecular complexity index is 118. The summed E-state index contributed by atoms with van der Waals surface area (Å²) in [4.78, 5) is 0. The lowest BCUT2D eigenvalue weighted by Gasteiger charge is -1.96. The van der Waals surface area contributed by atoms with Gasteiger partial charge in [-0.2, -0.15) is 0 Å². The van der Waals surface area contributed by atoms with E-state index in [9.17, 15) is 0 Å². The molecule has 0 spiro atoms. The van der Waals surface area contributed by atoms with E-state index in [0.717, 1.165) is 0 Å². The third-order valence-electron chi connectivity index (χ3n) is 1.48. The molecule has 0 bridgehead atoms. The van der Waals surface area contributed by atoms with E-state index in [1.165, 1.54) is 5.57 Å². The molecule has 0 aromatic heterocycles. The fourth-order valence-electron chi connectivity index (χ4n) is 0.678. The average molecular weight is 94.2 g/mol. The third kappa shape index (κ3) is 0.738. The third-order valence-corrected chi connectivity index (χ3v) is 1.48. The zero-order valence-electron chi connectivity index (χ0n) is 4.81. The highest BCUT2D eigenvalue weighted by Gasteiger charge is 2.00. The maximum absolute atomic E-state index is 2.20. The molecule has 0 heterocycles. The Balaban J connectivity index is 2.69. The van der Waals surface area contributed by atoms with Crippen LogP contribution in [0, 0.1) is 5.92 Å². The van der Waals surface area contributed by atoms with Gasteiger partial charge in [0.1, 0.15) is 0 Å². The van der Waals surface area contributed by atoms with Crippen LogP contribution >= 0.6 is 0 Å². The smallest absolute Gasteiger partial charge is 0.00482 e. The summed E-state index contributed by atoms with van der Waals surface area (Å²) in [5.41, 5.74) is 1.47. The summed E-state index contributed by atoms with van der Waals surface area (Å²) in [5.74, 6) is 0.694. The molecular weight excluding hydrogens is 84.1 g/mol. The van der Waals surface area contributed by atoms with E-state index in [4.69, 9.17) is 0 Å². The van der Waals surface area contributed by atoms with Crippen molar-refractivity contribution in [1.29, 1.82) is 0 Å². The van der Waals surface area contributed by atoms with E-state index in [2.05, 4.69) is 32.1 Å². The van der Waals surface area contributed by atoms with Gasteiger partial charge in [-0.05, 0) is 12.8 Å². The monoisotopic (exact) mass is 94.1 g/mol. The van der Waals surface area contributed by atoms with Gasteiger partial charge in [0.05, 0.1) is 0 Å². The van der Waals surface area contributed by atoms with Gasteiger partial charge in [0.15, 0.2) is 0 Å². The van der Waals surface area contributed by atoms with Gasteiger partial charge in [0, 0.05) is 0 Å². The summed E-state index contributed by atoms with van der Waals surface area (Å²) in [6.45, 7) is 4.36. The van der Waals surface area contributed by atoms with Crippen molar-refractivity contribution < 1.29 is 0 Å². The topological polar surface area (TPSA) is 0 Å². The zero-order chi connectivity index (χ0) is 5.28. The maximum atomic E-state index is 2.20. The van der Waals surface area contributed by atoms with E-state index in [1.54, 1.807) is 0 Å². The van der Waals surface area contributed by atoms with Crippen molar-refractivity contribution >= 4 is 0 Å². The van der Waals surface area contributed by atoms with Crippen molar-refractivity contribution in [2.45, 2.75) is 13.8 Å². The van der Waals surface area contributed by atoms with Crippen molar-refractivity contribution in [3.8, 4) is 0 Å². The molecule has 1 aliphatic carbocycles. The highest BCUT2D eigenvalue weighted by molar-refractivity contribution is 5.24. The van der Waals surface area contributed by atoms with Crippen molar-refractivity contribution in [2.75, 3.05) is 0 Å². The Labute approximate surface area is 44.5 Å². The average Bonchev–Trinajstić information content (AvgIpc) is 1.91. The Morgan fingerprint density at radius 1 is 1.57 bits per heavy atom. The summed E-state index contributed by atoms with van der Waals surface area (Å²) >= 11 is 0. The van der Waals surface area contributed by atoms with Crippen molar-refractivity contribution in [1.82, 2.24) is 0 Å². The highest BCUT2D eigenvalue weighted by Crippen LogP contribution is 2.16. The molecule has 0 saturated heterocycles. The lowest BCUT2D eigenvalue weighted by molar-refractivity contribution is 0.882. The van der Waals surface area contributed by atoms with Crippen molar-refractivity contribution in [3.63, 3.8) is 0 Å². The van der Waals surface area contributed by atoms with Crippen LogP contribution in [-0.4, -0.2) is 0 Å². The molecule has 0 heteroatoms. The van der Waals surface area contributed by atoms with Crippen LogP contribution in [-0.2, 0) is 0 Å². The highest BCUT2D eigenvalue weighted by atomic mass is 14.1. The van der Waals surface area contributed by atoms with Crippen molar-refractivity contribution in [3.05, 3.63) is 23.8 Å². The first-order chi connectivity index (χ1) is 3.30. The number of hydrogen-bond donors (Lipinski definition) is 0. The van der Waals surface area contributed by atoms with E-state index in [0.29, 0.717) is 5.92 Å². The largest absolute Gasteiger partial charge is 0.0776 e. The number of rotatable bonds is 0. The van der Waals surface area contributed by atoms with Gasteiger partial charge in [-0.25, -0.2) is 0 Å². The molecule has 1 aliphatic rings. The van der Waals surface area contributed by atoms with Crippen LogP contribution < -0.4 is 0 Å². The standard InChI is InChI=1S/C7H10/c1-6-4-3-5-7(6)2/h3-6H,1-2H3/t6-/m0/s1. The van der Waals surface area contributed by atoms with Crippen LogP contribution in [0.15, 0.2) is 23.8 Å². The molecule has 0 amide bonds. The first-order valence-corrected chi connectivity index (χ1v) is 2.65. The molecule has 0 radical (unpaired) electrons. The van der Waals surface area contributed by atoms with Crippen LogP contribution in [0.4, 0.5) is 0 Å². The molecule has 0 saturated carbocycles. The summed E-state index contributed by atoms with van der Waals surface area (Å²) < 4.78 is 0. The lowest BCUT2D eigenvalue weighted by atomic mass is 10.1. The zero-order valence-corrected chi connectivity index (χ0v) is 4.81. The van der Waals surface area contributed by atoms with Crippen LogP contribution in [0.1, 0.15) is 13.8 Å². The molecule has 0 N–H and O–H groups in total. The fourth-order valence-corrected chi connectivity index (χ4v) is 0.678. The molecule has 0 unspecified atom stereocenters. The summed E-state index contributed by atoms with van der Waals surface area (Å²) in [6.07, 6.45) is 6.47. The fraction of sp³-hybridized carbons (Fsp3) is 0.429.